The SMILES string of the molecule is CC(=O)N1CCC(C(=O)Nc2nnc(C)s2)CC1. The van der Waals surface area contributed by atoms with Crippen LogP contribution in [0.2, 0.25) is 0 Å². The fourth-order valence-electron chi connectivity index (χ4n) is 2.01. The molecule has 98 valence electrons. The number of aromatic nitrogens is 2. The highest BCUT2D eigenvalue weighted by Crippen LogP contribution is 2.20. The van der Waals surface area contributed by atoms with Crippen molar-refractivity contribution in [2.45, 2.75) is 26.7 Å². The monoisotopic (exact) mass is 268 g/mol. The van der Waals surface area contributed by atoms with Crippen molar-refractivity contribution in [1.29, 1.82) is 0 Å². The summed E-state index contributed by atoms with van der Waals surface area (Å²) in [5.74, 6) is 0.0211. The number of anilines is 1. The third-order valence-electron chi connectivity index (χ3n) is 3.07. The van der Waals surface area contributed by atoms with E-state index in [1.807, 2.05) is 6.92 Å². The summed E-state index contributed by atoms with van der Waals surface area (Å²) in [6.45, 7) is 4.72. The molecular weight excluding hydrogens is 252 g/mol. The van der Waals surface area contributed by atoms with Crippen molar-refractivity contribution < 1.29 is 9.59 Å². The molecule has 1 aliphatic rings. The predicted octanol–water partition coefficient (Wildman–Crippen LogP) is 1.04. The van der Waals surface area contributed by atoms with Gasteiger partial charge in [-0.25, -0.2) is 0 Å². The van der Waals surface area contributed by atoms with Gasteiger partial charge in [0.2, 0.25) is 16.9 Å². The van der Waals surface area contributed by atoms with Gasteiger partial charge in [-0.05, 0) is 19.8 Å². The number of nitrogens with zero attached hydrogens (tertiary/aromatic N) is 3. The number of nitrogens with one attached hydrogen (secondary N) is 1. The highest BCUT2D eigenvalue weighted by Gasteiger charge is 2.26. The molecule has 0 aliphatic carbocycles. The van der Waals surface area contributed by atoms with Gasteiger partial charge in [-0.3, -0.25) is 9.59 Å². The Morgan fingerprint density at radius 1 is 1.33 bits per heavy atom. The Morgan fingerprint density at radius 2 is 2.00 bits per heavy atom. The number of carbonyl (C=O) groups is 2. The van der Waals surface area contributed by atoms with E-state index in [2.05, 4.69) is 15.5 Å². The summed E-state index contributed by atoms with van der Waals surface area (Å²) in [5, 5.41) is 11.9. The maximum absolute atomic E-state index is 12.0. The minimum atomic E-state index is -0.0372. The lowest BCUT2D eigenvalue weighted by Gasteiger charge is -2.30. The first-order chi connectivity index (χ1) is 8.56. The molecule has 0 bridgehead atoms. The fourth-order valence-corrected chi connectivity index (χ4v) is 2.61. The van der Waals surface area contributed by atoms with Crippen LogP contribution in [0.25, 0.3) is 0 Å². The molecule has 0 spiro atoms. The van der Waals surface area contributed by atoms with E-state index in [4.69, 9.17) is 0 Å². The van der Waals surface area contributed by atoms with E-state index in [0.717, 1.165) is 5.01 Å². The van der Waals surface area contributed by atoms with Crippen molar-refractivity contribution in [2.24, 2.45) is 5.92 Å². The predicted molar refractivity (Wildman–Crippen MR) is 68.3 cm³/mol. The number of hydrogen-bond donors (Lipinski definition) is 1. The second-order valence-electron chi connectivity index (χ2n) is 4.40. The van der Waals surface area contributed by atoms with Crippen LogP contribution in [-0.2, 0) is 9.59 Å². The van der Waals surface area contributed by atoms with Crippen LogP contribution in [0.1, 0.15) is 24.8 Å². The van der Waals surface area contributed by atoms with E-state index >= 15 is 0 Å². The third kappa shape index (κ3) is 3.04. The quantitative estimate of drug-likeness (QED) is 0.869. The van der Waals surface area contributed by atoms with Crippen LogP contribution in [-0.4, -0.2) is 40.0 Å². The Balaban J connectivity index is 1.86. The molecule has 2 rings (SSSR count). The van der Waals surface area contributed by atoms with Gasteiger partial charge in [-0.15, -0.1) is 10.2 Å². The summed E-state index contributed by atoms with van der Waals surface area (Å²) in [7, 11) is 0. The van der Waals surface area contributed by atoms with Crippen LogP contribution in [0.3, 0.4) is 0 Å². The Hall–Kier alpha value is -1.50. The summed E-state index contributed by atoms with van der Waals surface area (Å²) in [6, 6.07) is 0. The first-order valence-electron chi connectivity index (χ1n) is 5.92. The summed E-state index contributed by atoms with van der Waals surface area (Å²) >= 11 is 1.37. The summed E-state index contributed by atoms with van der Waals surface area (Å²) < 4.78 is 0. The van der Waals surface area contributed by atoms with Crippen LogP contribution in [0.15, 0.2) is 0 Å². The van der Waals surface area contributed by atoms with E-state index < -0.39 is 0 Å². The number of piperidine rings is 1. The maximum Gasteiger partial charge on any atom is 0.229 e. The topological polar surface area (TPSA) is 75.2 Å². The molecule has 0 aromatic carbocycles. The van der Waals surface area contributed by atoms with Crippen molar-refractivity contribution in [3.63, 3.8) is 0 Å². The number of aryl methyl sites for hydroxylation is 1. The van der Waals surface area contributed by atoms with Crippen LogP contribution in [0, 0.1) is 12.8 Å². The van der Waals surface area contributed by atoms with Gasteiger partial charge >= 0.3 is 0 Å². The number of carbonyl (C=O) groups excluding carboxylic acids is 2. The standard InChI is InChI=1S/C11H16N4O2S/c1-7-13-14-11(18-7)12-10(17)9-3-5-15(6-4-9)8(2)16/h9H,3-6H2,1-2H3,(H,12,14,17). The second-order valence-corrected chi connectivity index (χ2v) is 5.58. The largest absolute Gasteiger partial charge is 0.343 e. The van der Waals surface area contributed by atoms with Gasteiger partial charge in [0.15, 0.2) is 0 Å². The highest BCUT2D eigenvalue weighted by atomic mass is 32.1. The van der Waals surface area contributed by atoms with Gasteiger partial charge in [-0.1, -0.05) is 11.3 Å². The van der Waals surface area contributed by atoms with Crippen molar-refractivity contribution in [3.8, 4) is 0 Å². The molecular formula is C11H16N4O2S. The molecule has 0 radical (unpaired) electrons. The van der Waals surface area contributed by atoms with E-state index in [1.165, 1.54) is 11.3 Å². The van der Waals surface area contributed by atoms with Crippen LogP contribution < -0.4 is 5.32 Å². The van der Waals surface area contributed by atoms with Crippen molar-refractivity contribution in [3.05, 3.63) is 5.01 Å². The molecule has 0 saturated carbocycles. The molecule has 1 fully saturated rings. The number of amides is 2. The zero-order valence-corrected chi connectivity index (χ0v) is 11.3. The zero-order chi connectivity index (χ0) is 13.1. The Morgan fingerprint density at radius 3 is 2.50 bits per heavy atom. The lowest BCUT2D eigenvalue weighted by atomic mass is 9.96. The minimum Gasteiger partial charge on any atom is -0.343 e. The zero-order valence-electron chi connectivity index (χ0n) is 10.5. The summed E-state index contributed by atoms with van der Waals surface area (Å²) in [6.07, 6.45) is 1.42. The second kappa shape index (κ2) is 5.43. The molecule has 0 unspecified atom stereocenters. The van der Waals surface area contributed by atoms with E-state index in [-0.39, 0.29) is 17.7 Å². The molecule has 2 amide bonds. The molecule has 18 heavy (non-hydrogen) atoms. The van der Waals surface area contributed by atoms with E-state index in [1.54, 1.807) is 11.8 Å². The normalized spacial score (nSPS) is 16.7. The van der Waals surface area contributed by atoms with Crippen LogP contribution >= 0.6 is 11.3 Å². The van der Waals surface area contributed by atoms with Crippen molar-refractivity contribution in [2.75, 3.05) is 18.4 Å². The Labute approximate surface area is 109 Å². The van der Waals surface area contributed by atoms with Crippen LogP contribution in [0.5, 0.6) is 0 Å². The van der Waals surface area contributed by atoms with Crippen molar-refractivity contribution >= 4 is 28.3 Å². The lowest BCUT2D eigenvalue weighted by Crippen LogP contribution is -2.40. The lowest BCUT2D eigenvalue weighted by molar-refractivity contribution is -0.132. The molecule has 1 aliphatic heterocycles. The number of hydrogen-bond acceptors (Lipinski definition) is 5. The minimum absolute atomic E-state index is 0.0191. The van der Waals surface area contributed by atoms with Gasteiger partial charge in [0.25, 0.3) is 0 Å². The molecule has 6 nitrogen and oxygen atoms in total. The van der Waals surface area contributed by atoms with Gasteiger partial charge in [0.1, 0.15) is 5.01 Å². The number of rotatable bonds is 2. The molecule has 1 saturated heterocycles. The van der Waals surface area contributed by atoms with Gasteiger partial charge in [-0.2, -0.15) is 0 Å². The maximum atomic E-state index is 12.0. The first kappa shape index (κ1) is 12.9. The molecule has 1 aromatic rings. The van der Waals surface area contributed by atoms with E-state index in [0.29, 0.717) is 31.1 Å². The van der Waals surface area contributed by atoms with Crippen LogP contribution in [0.4, 0.5) is 5.13 Å². The van der Waals surface area contributed by atoms with Gasteiger partial charge in [0, 0.05) is 25.9 Å². The highest BCUT2D eigenvalue weighted by molar-refractivity contribution is 7.15. The fraction of sp³-hybridized carbons (Fsp3) is 0.636. The first-order valence-corrected chi connectivity index (χ1v) is 6.74. The van der Waals surface area contributed by atoms with Gasteiger partial charge in [0.05, 0.1) is 0 Å². The Kier molecular flexibility index (Phi) is 3.90. The van der Waals surface area contributed by atoms with Crippen molar-refractivity contribution in [1.82, 2.24) is 15.1 Å². The summed E-state index contributed by atoms with van der Waals surface area (Å²) in [5.41, 5.74) is 0. The molecule has 2 heterocycles. The molecule has 1 N–H and O–H groups in total. The molecule has 1 aromatic heterocycles. The smallest absolute Gasteiger partial charge is 0.229 e. The average Bonchev–Trinajstić information content (AvgIpc) is 2.75. The van der Waals surface area contributed by atoms with Gasteiger partial charge < -0.3 is 10.2 Å². The average molecular weight is 268 g/mol. The van der Waals surface area contributed by atoms with E-state index in [9.17, 15) is 9.59 Å². The Bertz CT molecular complexity index is 452. The third-order valence-corrected chi connectivity index (χ3v) is 3.82. The molecule has 7 heteroatoms. The molecule has 0 atom stereocenters. The number of likely N-dealkylation sites (tertiary alicyclic amines) is 1. The summed E-state index contributed by atoms with van der Waals surface area (Å²) in [4.78, 5) is 24.9.